The normalized spacial score (nSPS) is 23.5. The average molecular weight is 499 g/mol. The maximum atomic E-state index is 14.1. The van der Waals surface area contributed by atoms with Crippen molar-refractivity contribution in [1.82, 2.24) is 20.2 Å². The summed E-state index contributed by atoms with van der Waals surface area (Å²) in [5.74, 6) is 0.0161. The second kappa shape index (κ2) is 11.1. The molecule has 196 valence electrons. The van der Waals surface area contributed by atoms with Crippen molar-refractivity contribution < 1.29 is 18.8 Å². The summed E-state index contributed by atoms with van der Waals surface area (Å²) >= 11 is 0. The van der Waals surface area contributed by atoms with Gasteiger partial charge in [0, 0.05) is 30.8 Å². The maximum absolute atomic E-state index is 14.1. The molecule has 0 spiro atoms. The number of ketones is 1. The van der Waals surface area contributed by atoms with E-state index in [2.05, 4.69) is 36.1 Å². The topological polar surface area (TPSA) is 95.2 Å². The average Bonchev–Trinajstić information content (AvgIpc) is 3.55. The van der Waals surface area contributed by atoms with E-state index in [1.54, 1.807) is 12.1 Å². The van der Waals surface area contributed by atoms with Crippen molar-refractivity contribution in [3.63, 3.8) is 0 Å². The standard InChI is InChI=1S/C28H39FN4O3/c1-5-18-9-6-7-12-33(18)25(35)15-23(31-28(36)20-14-19(20)16(2)3)24(34)13-17(4)27-30-22-11-8-10-21(29)26(22)32-27/h8,10-11,16-20,23H,5-7,9,12-15H2,1-4H3,(H,30,32)(H,31,36)/t17-,18+,19?,20?,23+/m1/s1. The Kier molecular flexibility index (Phi) is 8.10. The lowest BCUT2D eigenvalue weighted by Gasteiger charge is -2.36. The molecule has 8 heteroatoms. The number of imidazole rings is 1. The van der Waals surface area contributed by atoms with Crippen molar-refractivity contribution in [2.75, 3.05) is 6.54 Å². The zero-order chi connectivity index (χ0) is 26.0. The third-order valence-corrected chi connectivity index (χ3v) is 7.99. The van der Waals surface area contributed by atoms with Gasteiger partial charge in [-0.3, -0.25) is 14.4 Å². The summed E-state index contributed by atoms with van der Waals surface area (Å²) in [6.45, 7) is 8.83. The van der Waals surface area contributed by atoms with Gasteiger partial charge in [-0.2, -0.15) is 0 Å². The van der Waals surface area contributed by atoms with Crippen LogP contribution in [0.15, 0.2) is 18.2 Å². The molecule has 2 amide bonds. The summed E-state index contributed by atoms with van der Waals surface area (Å²) in [5.41, 5.74) is 0.824. The van der Waals surface area contributed by atoms with Crippen LogP contribution in [-0.2, 0) is 14.4 Å². The molecular weight excluding hydrogens is 459 g/mol. The van der Waals surface area contributed by atoms with Crippen molar-refractivity contribution in [2.45, 2.75) is 90.6 Å². The smallest absolute Gasteiger partial charge is 0.225 e. The molecule has 2 fully saturated rings. The third kappa shape index (κ3) is 5.79. The number of fused-ring (bicyclic) bond motifs is 1. The molecule has 0 bridgehead atoms. The fourth-order valence-corrected chi connectivity index (χ4v) is 5.61. The summed E-state index contributed by atoms with van der Waals surface area (Å²) < 4.78 is 14.1. The number of nitrogens with zero attached hydrogens (tertiary/aromatic N) is 2. The van der Waals surface area contributed by atoms with E-state index in [-0.39, 0.29) is 53.8 Å². The zero-order valence-corrected chi connectivity index (χ0v) is 21.9. The first-order chi connectivity index (χ1) is 17.2. The number of carbonyl (C=O) groups is 3. The van der Waals surface area contributed by atoms with Crippen LogP contribution in [0.2, 0.25) is 0 Å². The number of benzene rings is 1. The van der Waals surface area contributed by atoms with Gasteiger partial charge >= 0.3 is 0 Å². The number of para-hydroxylation sites is 1. The molecule has 1 aromatic heterocycles. The molecule has 2 unspecified atom stereocenters. The van der Waals surface area contributed by atoms with Gasteiger partial charge in [-0.25, -0.2) is 9.37 Å². The van der Waals surface area contributed by atoms with Gasteiger partial charge in [-0.1, -0.05) is 33.8 Å². The van der Waals surface area contributed by atoms with E-state index in [4.69, 9.17) is 0 Å². The van der Waals surface area contributed by atoms with Crippen LogP contribution in [-0.4, -0.2) is 51.1 Å². The number of halogens is 1. The van der Waals surface area contributed by atoms with Gasteiger partial charge in [-0.15, -0.1) is 0 Å². The van der Waals surface area contributed by atoms with Gasteiger partial charge in [0.2, 0.25) is 11.8 Å². The summed E-state index contributed by atoms with van der Waals surface area (Å²) in [6, 6.07) is 4.03. The highest BCUT2D eigenvalue weighted by Gasteiger charge is 2.45. The largest absolute Gasteiger partial charge is 0.346 e. The molecule has 2 N–H and O–H groups in total. The van der Waals surface area contributed by atoms with Crippen LogP contribution >= 0.6 is 0 Å². The predicted molar refractivity (Wildman–Crippen MR) is 137 cm³/mol. The number of carbonyl (C=O) groups excluding carboxylic acids is 3. The summed E-state index contributed by atoms with van der Waals surface area (Å²) in [4.78, 5) is 49.1. The third-order valence-electron chi connectivity index (χ3n) is 7.99. The Labute approximate surface area is 212 Å². The molecule has 2 heterocycles. The molecule has 36 heavy (non-hydrogen) atoms. The Morgan fingerprint density at radius 3 is 2.64 bits per heavy atom. The summed E-state index contributed by atoms with van der Waals surface area (Å²) in [5, 5.41) is 2.93. The Hall–Kier alpha value is -2.77. The Balaban J connectivity index is 1.48. The zero-order valence-electron chi connectivity index (χ0n) is 21.9. The molecular formula is C28H39FN4O3. The van der Waals surface area contributed by atoms with Crippen LogP contribution in [0.25, 0.3) is 11.0 Å². The van der Waals surface area contributed by atoms with E-state index in [1.165, 1.54) is 6.07 Å². The molecule has 1 aliphatic heterocycles. The first kappa shape index (κ1) is 26.3. The molecule has 2 aliphatic rings. The molecule has 5 atom stereocenters. The SMILES string of the molecule is CC[C@H]1CCCCN1C(=O)C[C@H](NC(=O)C1CC1C(C)C)C(=O)C[C@@H](C)c1nc2c(F)cccc2[nH]1. The molecule has 1 saturated heterocycles. The van der Waals surface area contributed by atoms with Gasteiger partial charge in [-0.05, 0) is 56.1 Å². The number of aromatic nitrogens is 2. The first-order valence-electron chi connectivity index (χ1n) is 13.5. The van der Waals surface area contributed by atoms with Crippen LogP contribution in [0, 0.1) is 23.6 Å². The second-order valence-corrected chi connectivity index (χ2v) is 11.0. The van der Waals surface area contributed by atoms with Crippen LogP contribution in [0.4, 0.5) is 4.39 Å². The van der Waals surface area contributed by atoms with E-state index >= 15 is 0 Å². The number of Topliss-reactive ketones (excluding diaryl/α,β-unsaturated/α-hetero) is 1. The fourth-order valence-electron chi connectivity index (χ4n) is 5.61. The lowest BCUT2D eigenvalue weighted by molar-refractivity contribution is -0.138. The lowest BCUT2D eigenvalue weighted by Crippen LogP contribution is -2.49. The molecule has 2 aromatic rings. The highest BCUT2D eigenvalue weighted by Crippen LogP contribution is 2.44. The van der Waals surface area contributed by atoms with Crippen LogP contribution in [0.1, 0.15) is 84.4 Å². The predicted octanol–water partition coefficient (Wildman–Crippen LogP) is 4.72. The van der Waals surface area contributed by atoms with E-state index in [1.807, 2.05) is 11.8 Å². The van der Waals surface area contributed by atoms with Crippen LogP contribution < -0.4 is 5.32 Å². The first-order valence-corrected chi connectivity index (χ1v) is 13.5. The fraction of sp³-hybridized carbons (Fsp3) is 0.643. The van der Waals surface area contributed by atoms with E-state index in [9.17, 15) is 18.8 Å². The number of hydrogen-bond donors (Lipinski definition) is 2. The van der Waals surface area contributed by atoms with Gasteiger partial charge in [0.05, 0.1) is 18.0 Å². The summed E-state index contributed by atoms with van der Waals surface area (Å²) in [7, 11) is 0. The lowest BCUT2D eigenvalue weighted by atomic mass is 9.95. The second-order valence-electron chi connectivity index (χ2n) is 11.0. The minimum atomic E-state index is -0.874. The number of piperidine rings is 1. The Bertz CT molecular complexity index is 1110. The Morgan fingerprint density at radius 2 is 1.97 bits per heavy atom. The van der Waals surface area contributed by atoms with Gasteiger partial charge < -0.3 is 15.2 Å². The van der Waals surface area contributed by atoms with E-state index in [0.29, 0.717) is 29.7 Å². The number of likely N-dealkylation sites (tertiary alicyclic amines) is 1. The van der Waals surface area contributed by atoms with Gasteiger partial charge in [0.25, 0.3) is 0 Å². The van der Waals surface area contributed by atoms with Crippen molar-refractivity contribution in [3.05, 3.63) is 29.8 Å². The minimum absolute atomic E-state index is 0.0262. The number of amides is 2. The van der Waals surface area contributed by atoms with Gasteiger partial charge in [0.15, 0.2) is 11.6 Å². The molecule has 7 nitrogen and oxygen atoms in total. The molecule has 1 aromatic carbocycles. The number of nitrogens with one attached hydrogen (secondary N) is 2. The van der Waals surface area contributed by atoms with Crippen molar-refractivity contribution in [2.24, 2.45) is 17.8 Å². The monoisotopic (exact) mass is 498 g/mol. The number of hydrogen-bond acceptors (Lipinski definition) is 4. The molecule has 0 radical (unpaired) electrons. The molecule has 1 aliphatic carbocycles. The van der Waals surface area contributed by atoms with E-state index in [0.717, 1.165) is 32.1 Å². The highest BCUT2D eigenvalue weighted by atomic mass is 19.1. The quantitative estimate of drug-likeness (QED) is 0.495. The van der Waals surface area contributed by atoms with Crippen molar-refractivity contribution in [1.29, 1.82) is 0 Å². The van der Waals surface area contributed by atoms with Crippen LogP contribution in [0.3, 0.4) is 0 Å². The minimum Gasteiger partial charge on any atom is -0.346 e. The van der Waals surface area contributed by atoms with Crippen molar-refractivity contribution in [3.8, 4) is 0 Å². The Morgan fingerprint density at radius 1 is 1.19 bits per heavy atom. The van der Waals surface area contributed by atoms with E-state index < -0.39 is 11.9 Å². The number of rotatable bonds is 10. The van der Waals surface area contributed by atoms with Crippen LogP contribution in [0.5, 0.6) is 0 Å². The molecule has 1 saturated carbocycles. The molecule has 4 rings (SSSR count). The summed E-state index contributed by atoms with van der Waals surface area (Å²) in [6.07, 6.45) is 4.82. The highest BCUT2D eigenvalue weighted by molar-refractivity contribution is 5.94. The van der Waals surface area contributed by atoms with Crippen molar-refractivity contribution >= 4 is 28.6 Å². The maximum Gasteiger partial charge on any atom is 0.225 e. The number of aromatic amines is 1. The number of H-pyrrole nitrogens is 1. The van der Waals surface area contributed by atoms with Gasteiger partial charge in [0.1, 0.15) is 11.3 Å².